The third-order valence-electron chi connectivity index (χ3n) is 2.19. The number of nitrogens with zero attached hydrogens (tertiary/aromatic N) is 2. The molecule has 0 saturated heterocycles. The molecule has 1 aromatic heterocycles. The quantitative estimate of drug-likeness (QED) is 0.819. The van der Waals surface area contributed by atoms with Gasteiger partial charge in [0.1, 0.15) is 5.69 Å². The van der Waals surface area contributed by atoms with Crippen molar-refractivity contribution in [2.45, 2.75) is 33.2 Å². The van der Waals surface area contributed by atoms with Gasteiger partial charge < -0.3 is 5.32 Å². The monoisotopic (exact) mass is 221 g/mol. The standard InChI is InChI=1S/C11H15N3O2/c1-4-10(15)8(3)14-11(16)9-6-12-7(2)5-13-9/h5-6,8H,4H2,1-3H3,(H,14,16). The highest BCUT2D eigenvalue weighted by Gasteiger charge is 2.15. The Hall–Kier alpha value is -1.78. The molecular formula is C11H15N3O2. The number of aryl methyl sites for hydroxylation is 1. The summed E-state index contributed by atoms with van der Waals surface area (Å²) in [7, 11) is 0. The fourth-order valence-corrected chi connectivity index (χ4v) is 1.17. The summed E-state index contributed by atoms with van der Waals surface area (Å²) in [5.41, 5.74) is 0.968. The molecule has 1 amide bonds. The van der Waals surface area contributed by atoms with Crippen LogP contribution in [0.25, 0.3) is 0 Å². The Morgan fingerprint density at radius 2 is 2.06 bits per heavy atom. The van der Waals surface area contributed by atoms with Crippen LogP contribution in [-0.4, -0.2) is 27.7 Å². The molecule has 0 saturated carbocycles. The van der Waals surface area contributed by atoms with E-state index in [9.17, 15) is 9.59 Å². The zero-order valence-corrected chi connectivity index (χ0v) is 9.65. The van der Waals surface area contributed by atoms with Crippen molar-refractivity contribution in [3.8, 4) is 0 Å². The van der Waals surface area contributed by atoms with Gasteiger partial charge in [0.05, 0.1) is 17.9 Å². The molecule has 86 valence electrons. The number of aromatic nitrogens is 2. The van der Waals surface area contributed by atoms with E-state index in [-0.39, 0.29) is 17.4 Å². The molecular weight excluding hydrogens is 206 g/mol. The van der Waals surface area contributed by atoms with Gasteiger partial charge in [-0.15, -0.1) is 0 Å². The zero-order valence-electron chi connectivity index (χ0n) is 9.65. The lowest BCUT2D eigenvalue weighted by atomic mass is 10.1. The molecule has 0 aliphatic heterocycles. The minimum atomic E-state index is -0.486. The van der Waals surface area contributed by atoms with Gasteiger partial charge >= 0.3 is 0 Å². The highest BCUT2D eigenvalue weighted by atomic mass is 16.2. The van der Waals surface area contributed by atoms with Crippen LogP contribution in [0.15, 0.2) is 12.4 Å². The van der Waals surface area contributed by atoms with Crippen LogP contribution >= 0.6 is 0 Å². The first-order valence-corrected chi connectivity index (χ1v) is 5.16. The van der Waals surface area contributed by atoms with Crippen LogP contribution in [0.1, 0.15) is 36.5 Å². The van der Waals surface area contributed by atoms with Gasteiger partial charge in [0, 0.05) is 12.6 Å². The van der Waals surface area contributed by atoms with Crippen molar-refractivity contribution in [1.29, 1.82) is 0 Å². The first-order valence-electron chi connectivity index (χ1n) is 5.16. The Balaban J connectivity index is 2.65. The molecule has 1 N–H and O–H groups in total. The van der Waals surface area contributed by atoms with Crippen molar-refractivity contribution < 1.29 is 9.59 Å². The fourth-order valence-electron chi connectivity index (χ4n) is 1.17. The summed E-state index contributed by atoms with van der Waals surface area (Å²) in [6, 6.07) is -0.486. The average molecular weight is 221 g/mol. The lowest BCUT2D eigenvalue weighted by molar-refractivity contribution is -0.120. The van der Waals surface area contributed by atoms with Crippen molar-refractivity contribution in [2.75, 3.05) is 0 Å². The minimum absolute atomic E-state index is 0.00609. The first-order chi connectivity index (χ1) is 7.54. The summed E-state index contributed by atoms with van der Waals surface area (Å²) >= 11 is 0. The maximum absolute atomic E-state index is 11.6. The number of rotatable bonds is 4. The Kier molecular flexibility index (Phi) is 4.10. The highest BCUT2D eigenvalue weighted by molar-refractivity contribution is 5.96. The maximum Gasteiger partial charge on any atom is 0.272 e. The molecule has 1 unspecified atom stereocenters. The number of hydrogen-bond donors (Lipinski definition) is 1. The summed E-state index contributed by atoms with van der Waals surface area (Å²) in [5, 5.41) is 2.58. The predicted molar refractivity (Wildman–Crippen MR) is 59.0 cm³/mol. The zero-order chi connectivity index (χ0) is 12.1. The van der Waals surface area contributed by atoms with Crippen LogP contribution in [0.4, 0.5) is 0 Å². The highest BCUT2D eigenvalue weighted by Crippen LogP contribution is 1.96. The summed E-state index contributed by atoms with van der Waals surface area (Å²) in [6.07, 6.45) is 3.32. The van der Waals surface area contributed by atoms with Gasteiger partial charge in [-0.3, -0.25) is 14.6 Å². The van der Waals surface area contributed by atoms with E-state index in [1.807, 2.05) is 0 Å². The number of hydrogen-bond acceptors (Lipinski definition) is 4. The van der Waals surface area contributed by atoms with Crippen LogP contribution < -0.4 is 5.32 Å². The van der Waals surface area contributed by atoms with Crippen molar-refractivity contribution in [3.63, 3.8) is 0 Å². The van der Waals surface area contributed by atoms with E-state index < -0.39 is 6.04 Å². The molecule has 0 aliphatic carbocycles. The van der Waals surface area contributed by atoms with Gasteiger partial charge in [0.15, 0.2) is 5.78 Å². The lowest BCUT2D eigenvalue weighted by Gasteiger charge is -2.10. The Morgan fingerprint density at radius 3 is 2.56 bits per heavy atom. The van der Waals surface area contributed by atoms with E-state index >= 15 is 0 Å². The topological polar surface area (TPSA) is 72.0 Å². The maximum atomic E-state index is 11.6. The fraction of sp³-hybridized carbons (Fsp3) is 0.455. The molecule has 5 heteroatoms. The second kappa shape index (κ2) is 5.34. The van der Waals surface area contributed by atoms with Crippen LogP contribution in [0, 0.1) is 6.92 Å². The van der Waals surface area contributed by atoms with E-state index in [1.54, 1.807) is 20.8 Å². The molecule has 1 atom stereocenters. The van der Waals surface area contributed by atoms with Gasteiger partial charge in [0.25, 0.3) is 5.91 Å². The Morgan fingerprint density at radius 1 is 1.38 bits per heavy atom. The van der Waals surface area contributed by atoms with Gasteiger partial charge in [-0.25, -0.2) is 4.98 Å². The van der Waals surface area contributed by atoms with Crippen LogP contribution in [0.2, 0.25) is 0 Å². The van der Waals surface area contributed by atoms with Crippen molar-refractivity contribution in [2.24, 2.45) is 0 Å². The second-order valence-corrected chi connectivity index (χ2v) is 3.56. The lowest BCUT2D eigenvalue weighted by Crippen LogP contribution is -2.38. The molecule has 0 radical (unpaired) electrons. The normalized spacial score (nSPS) is 11.9. The van der Waals surface area contributed by atoms with E-state index in [0.717, 1.165) is 5.69 Å². The minimum Gasteiger partial charge on any atom is -0.341 e. The first kappa shape index (κ1) is 12.3. The molecule has 1 aromatic rings. The molecule has 0 bridgehead atoms. The number of amides is 1. The summed E-state index contributed by atoms with van der Waals surface area (Å²) in [5.74, 6) is -0.379. The molecule has 0 aromatic carbocycles. The molecule has 1 heterocycles. The summed E-state index contributed by atoms with van der Waals surface area (Å²) < 4.78 is 0. The van der Waals surface area contributed by atoms with Crippen LogP contribution in [-0.2, 0) is 4.79 Å². The number of carbonyl (C=O) groups is 2. The summed E-state index contributed by atoms with van der Waals surface area (Å²) in [4.78, 5) is 30.8. The van der Waals surface area contributed by atoms with Crippen molar-refractivity contribution in [3.05, 3.63) is 23.8 Å². The van der Waals surface area contributed by atoms with Crippen LogP contribution in [0.5, 0.6) is 0 Å². The number of carbonyl (C=O) groups excluding carboxylic acids is 2. The average Bonchev–Trinajstić information content (AvgIpc) is 2.28. The Bertz CT molecular complexity index is 387. The van der Waals surface area contributed by atoms with Crippen LogP contribution in [0.3, 0.4) is 0 Å². The third-order valence-corrected chi connectivity index (χ3v) is 2.19. The summed E-state index contributed by atoms with van der Waals surface area (Å²) in [6.45, 7) is 5.21. The van der Waals surface area contributed by atoms with Gasteiger partial charge in [-0.05, 0) is 13.8 Å². The van der Waals surface area contributed by atoms with E-state index in [4.69, 9.17) is 0 Å². The third kappa shape index (κ3) is 3.12. The SMILES string of the molecule is CCC(=O)C(C)NC(=O)c1cnc(C)cn1. The number of nitrogens with one attached hydrogen (secondary N) is 1. The molecule has 0 aliphatic rings. The second-order valence-electron chi connectivity index (χ2n) is 3.56. The number of Topliss-reactive ketones (excluding diaryl/α,β-unsaturated/α-hetero) is 1. The molecule has 0 spiro atoms. The molecule has 1 rings (SSSR count). The number of ketones is 1. The van der Waals surface area contributed by atoms with Gasteiger partial charge in [0.2, 0.25) is 0 Å². The van der Waals surface area contributed by atoms with Crippen molar-refractivity contribution >= 4 is 11.7 Å². The predicted octanol–water partition coefficient (Wildman–Crippen LogP) is 0.882. The Labute approximate surface area is 94.3 Å². The van der Waals surface area contributed by atoms with Gasteiger partial charge in [-0.1, -0.05) is 6.92 Å². The largest absolute Gasteiger partial charge is 0.341 e. The molecule has 5 nitrogen and oxygen atoms in total. The van der Waals surface area contributed by atoms with Gasteiger partial charge in [-0.2, -0.15) is 0 Å². The molecule has 16 heavy (non-hydrogen) atoms. The van der Waals surface area contributed by atoms with E-state index in [0.29, 0.717) is 6.42 Å². The smallest absolute Gasteiger partial charge is 0.272 e. The molecule has 0 fully saturated rings. The van der Waals surface area contributed by atoms with E-state index in [1.165, 1.54) is 12.4 Å². The van der Waals surface area contributed by atoms with Crippen molar-refractivity contribution in [1.82, 2.24) is 15.3 Å². The van der Waals surface area contributed by atoms with E-state index in [2.05, 4.69) is 15.3 Å².